The van der Waals surface area contributed by atoms with Gasteiger partial charge in [-0.2, -0.15) is 5.26 Å². The number of ether oxygens (including phenoxy) is 1. The molecule has 2 aromatic carbocycles. The minimum atomic E-state index is -0.506. The first kappa shape index (κ1) is 21.8. The number of nitrogens with zero attached hydrogens (tertiary/aromatic N) is 2. The van der Waals surface area contributed by atoms with Crippen LogP contribution in [0, 0.1) is 21.4 Å². The van der Waals surface area contributed by atoms with Crippen molar-refractivity contribution in [3.05, 3.63) is 97.9 Å². The van der Waals surface area contributed by atoms with E-state index >= 15 is 0 Å². The zero-order valence-electron chi connectivity index (χ0n) is 16.1. The Labute approximate surface area is 186 Å². The molecule has 0 saturated carbocycles. The lowest BCUT2D eigenvalue weighted by Crippen LogP contribution is -2.23. The van der Waals surface area contributed by atoms with Gasteiger partial charge in [-0.25, -0.2) is 0 Å². The highest BCUT2D eigenvalue weighted by Crippen LogP contribution is 2.28. The van der Waals surface area contributed by atoms with Crippen molar-refractivity contribution in [2.24, 2.45) is 0 Å². The number of carbonyl (C=O) groups is 1. The Morgan fingerprint density at radius 1 is 1.26 bits per heavy atom. The van der Waals surface area contributed by atoms with Crippen LogP contribution in [0.5, 0.6) is 5.75 Å². The van der Waals surface area contributed by atoms with E-state index in [-0.39, 0.29) is 24.4 Å². The molecule has 3 rings (SSSR count). The fourth-order valence-corrected chi connectivity index (χ4v) is 3.10. The number of rotatable bonds is 8. The standard InChI is InChI=1S/C22H16BrN3O5/c23-20-11-16(10-17(12-24)22(27)25-13-19-2-1-9-30-19)5-8-21(20)31-14-15-3-6-18(7-4-15)26(28)29/h1-11H,13-14H2,(H,25,27)/b17-10+. The molecule has 9 heteroatoms. The van der Waals surface area contributed by atoms with Gasteiger partial charge in [0.25, 0.3) is 11.6 Å². The third-order valence-electron chi connectivity index (χ3n) is 4.18. The number of halogens is 1. The molecule has 156 valence electrons. The van der Waals surface area contributed by atoms with Crippen LogP contribution in [0.3, 0.4) is 0 Å². The summed E-state index contributed by atoms with van der Waals surface area (Å²) in [7, 11) is 0. The van der Waals surface area contributed by atoms with E-state index in [0.29, 0.717) is 21.5 Å². The van der Waals surface area contributed by atoms with Gasteiger partial charge in [-0.3, -0.25) is 14.9 Å². The lowest BCUT2D eigenvalue weighted by molar-refractivity contribution is -0.384. The molecule has 0 saturated heterocycles. The first-order valence-electron chi connectivity index (χ1n) is 9.04. The van der Waals surface area contributed by atoms with E-state index in [4.69, 9.17) is 9.15 Å². The van der Waals surface area contributed by atoms with Crippen molar-refractivity contribution in [2.75, 3.05) is 0 Å². The molecule has 0 aliphatic rings. The first-order valence-corrected chi connectivity index (χ1v) is 9.83. The Kier molecular flexibility index (Phi) is 7.19. The van der Waals surface area contributed by atoms with Gasteiger partial charge in [0.15, 0.2) is 0 Å². The number of non-ortho nitro benzene ring substituents is 1. The molecule has 31 heavy (non-hydrogen) atoms. The second-order valence-electron chi connectivity index (χ2n) is 6.33. The Morgan fingerprint density at radius 2 is 2.03 bits per heavy atom. The molecule has 1 aromatic heterocycles. The Hall–Kier alpha value is -3.90. The third kappa shape index (κ3) is 6.04. The molecule has 8 nitrogen and oxygen atoms in total. The predicted molar refractivity (Wildman–Crippen MR) is 116 cm³/mol. The molecular weight excluding hydrogens is 466 g/mol. The van der Waals surface area contributed by atoms with Gasteiger partial charge >= 0.3 is 0 Å². The Bertz CT molecular complexity index is 1150. The van der Waals surface area contributed by atoms with Gasteiger partial charge in [0, 0.05) is 12.1 Å². The van der Waals surface area contributed by atoms with Crippen molar-refractivity contribution < 1.29 is 18.9 Å². The summed E-state index contributed by atoms with van der Waals surface area (Å²) in [4.78, 5) is 22.5. The Balaban J connectivity index is 1.63. The van der Waals surface area contributed by atoms with Crippen LogP contribution in [-0.2, 0) is 17.9 Å². The lowest BCUT2D eigenvalue weighted by atomic mass is 10.1. The van der Waals surface area contributed by atoms with Gasteiger partial charge in [0.2, 0.25) is 0 Å². The maximum Gasteiger partial charge on any atom is 0.269 e. The molecule has 1 N–H and O–H groups in total. The third-order valence-corrected chi connectivity index (χ3v) is 4.80. The summed E-state index contributed by atoms with van der Waals surface area (Å²) in [6.45, 7) is 0.411. The summed E-state index contributed by atoms with van der Waals surface area (Å²) >= 11 is 3.42. The molecule has 3 aromatic rings. The fourth-order valence-electron chi connectivity index (χ4n) is 2.59. The number of benzene rings is 2. The zero-order valence-corrected chi connectivity index (χ0v) is 17.7. The predicted octanol–water partition coefficient (Wildman–Crippen LogP) is 4.75. The van der Waals surface area contributed by atoms with Gasteiger partial charge in [-0.15, -0.1) is 0 Å². The monoisotopic (exact) mass is 481 g/mol. The molecular formula is C22H16BrN3O5. The van der Waals surface area contributed by atoms with Crippen molar-refractivity contribution >= 4 is 33.6 Å². The number of nitro groups is 1. The van der Waals surface area contributed by atoms with Crippen molar-refractivity contribution in [3.63, 3.8) is 0 Å². The Morgan fingerprint density at radius 3 is 2.65 bits per heavy atom. The van der Waals surface area contributed by atoms with Gasteiger partial charge in [-0.1, -0.05) is 6.07 Å². The highest BCUT2D eigenvalue weighted by molar-refractivity contribution is 9.10. The number of nitro benzene ring substituents is 1. The summed E-state index contributed by atoms with van der Waals surface area (Å²) in [5.41, 5.74) is 1.39. The summed E-state index contributed by atoms with van der Waals surface area (Å²) < 4.78 is 11.5. The molecule has 0 radical (unpaired) electrons. The molecule has 0 bridgehead atoms. The van der Waals surface area contributed by atoms with Crippen LogP contribution < -0.4 is 10.1 Å². The highest BCUT2D eigenvalue weighted by atomic mass is 79.9. The number of amides is 1. The van der Waals surface area contributed by atoms with Gasteiger partial charge in [-0.05, 0) is 69.5 Å². The number of furan rings is 1. The molecule has 1 amide bonds. The topological polar surface area (TPSA) is 118 Å². The maximum atomic E-state index is 12.2. The summed E-state index contributed by atoms with van der Waals surface area (Å²) in [5.74, 6) is 0.632. The summed E-state index contributed by atoms with van der Waals surface area (Å²) in [6.07, 6.45) is 2.98. The molecule has 0 aliphatic carbocycles. The van der Waals surface area contributed by atoms with E-state index in [0.717, 1.165) is 5.56 Å². The van der Waals surface area contributed by atoms with Gasteiger partial charge in [0.1, 0.15) is 29.8 Å². The van der Waals surface area contributed by atoms with Crippen LogP contribution in [0.25, 0.3) is 6.08 Å². The molecule has 0 atom stereocenters. The lowest BCUT2D eigenvalue weighted by Gasteiger charge is -2.09. The maximum absolute atomic E-state index is 12.2. The van der Waals surface area contributed by atoms with Crippen LogP contribution in [0.15, 0.2) is 75.3 Å². The molecule has 0 fully saturated rings. The van der Waals surface area contributed by atoms with Crippen molar-refractivity contribution in [3.8, 4) is 11.8 Å². The first-order chi connectivity index (χ1) is 15.0. The highest BCUT2D eigenvalue weighted by Gasteiger charge is 2.11. The molecule has 0 spiro atoms. The molecule has 0 aliphatic heterocycles. The van der Waals surface area contributed by atoms with E-state index in [1.165, 1.54) is 24.5 Å². The number of hydrogen-bond acceptors (Lipinski definition) is 6. The second kappa shape index (κ2) is 10.2. The van der Waals surface area contributed by atoms with E-state index < -0.39 is 10.8 Å². The molecule has 0 unspecified atom stereocenters. The van der Waals surface area contributed by atoms with Crippen LogP contribution in [0.1, 0.15) is 16.9 Å². The average Bonchev–Trinajstić information content (AvgIpc) is 3.29. The quantitative estimate of drug-likeness (QED) is 0.214. The minimum Gasteiger partial charge on any atom is -0.488 e. The number of nitrogens with one attached hydrogen (secondary N) is 1. The van der Waals surface area contributed by atoms with Crippen LogP contribution in [0.2, 0.25) is 0 Å². The largest absolute Gasteiger partial charge is 0.488 e. The van der Waals surface area contributed by atoms with Crippen LogP contribution in [0.4, 0.5) is 5.69 Å². The van der Waals surface area contributed by atoms with Crippen LogP contribution >= 0.6 is 15.9 Å². The smallest absolute Gasteiger partial charge is 0.269 e. The molecule has 1 heterocycles. The van der Waals surface area contributed by atoms with Crippen molar-refractivity contribution in [2.45, 2.75) is 13.2 Å². The number of nitriles is 1. The van der Waals surface area contributed by atoms with E-state index in [1.54, 1.807) is 42.5 Å². The van der Waals surface area contributed by atoms with Gasteiger partial charge < -0.3 is 14.5 Å². The summed E-state index contributed by atoms with van der Waals surface area (Å²) in [5, 5.41) is 22.7. The SMILES string of the molecule is N#C/C(=C\c1ccc(OCc2ccc([N+](=O)[O-])cc2)c(Br)c1)C(=O)NCc1ccco1. The zero-order chi connectivity index (χ0) is 22.2. The van der Waals surface area contributed by atoms with Gasteiger partial charge in [0.05, 0.1) is 22.2 Å². The van der Waals surface area contributed by atoms with E-state index in [2.05, 4.69) is 21.2 Å². The second-order valence-corrected chi connectivity index (χ2v) is 7.19. The van der Waals surface area contributed by atoms with E-state index in [1.807, 2.05) is 6.07 Å². The number of carbonyl (C=O) groups excluding carboxylic acids is 1. The average molecular weight is 482 g/mol. The normalized spacial score (nSPS) is 10.9. The van der Waals surface area contributed by atoms with Crippen LogP contribution in [-0.4, -0.2) is 10.8 Å². The van der Waals surface area contributed by atoms with Crippen molar-refractivity contribution in [1.82, 2.24) is 5.32 Å². The fraction of sp³-hybridized carbons (Fsp3) is 0.0909. The summed E-state index contributed by atoms with van der Waals surface area (Å²) in [6, 6.07) is 16.6. The number of hydrogen-bond donors (Lipinski definition) is 1. The van der Waals surface area contributed by atoms with Crippen molar-refractivity contribution in [1.29, 1.82) is 5.26 Å². The minimum absolute atomic E-state index is 0.0163. The van der Waals surface area contributed by atoms with E-state index in [9.17, 15) is 20.2 Å².